The smallest absolute Gasteiger partial charge is 0.255 e. The molecule has 7 nitrogen and oxygen atoms in total. The number of rotatable bonds is 6. The van der Waals surface area contributed by atoms with E-state index in [1.54, 1.807) is 41.3 Å². The van der Waals surface area contributed by atoms with Crippen molar-refractivity contribution in [3.8, 4) is 11.3 Å². The van der Waals surface area contributed by atoms with Crippen molar-refractivity contribution in [2.45, 2.75) is 12.5 Å². The highest BCUT2D eigenvalue weighted by Crippen LogP contribution is 2.26. The molecular formula is C23H23ClFN5O2. The minimum atomic E-state index is -0.605. The molecule has 1 aromatic heterocycles. The van der Waals surface area contributed by atoms with Gasteiger partial charge in [-0.25, -0.2) is 4.39 Å². The lowest BCUT2D eigenvalue weighted by molar-refractivity contribution is -0.132. The molecule has 1 saturated heterocycles. The maximum atomic E-state index is 14.3. The highest BCUT2D eigenvalue weighted by molar-refractivity contribution is 6.30. The molecule has 0 bridgehead atoms. The van der Waals surface area contributed by atoms with Gasteiger partial charge in [0.1, 0.15) is 5.82 Å². The Hall–Kier alpha value is -3.23. The number of nitrogens with zero attached hydrogens (tertiary/aromatic N) is 2. The lowest BCUT2D eigenvalue weighted by atomic mass is 10.0. The molecule has 1 aliphatic heterocycles. The minimum Gasteiger partial charge on any atom is -0.345 e. The standard InChI is InChI=1S/C23H23ClFN5O2/c24-16-5-3-4-15(12-16)20(13-21(31)30-10-8-26-9-11-30)28-23(32)18-14-27-29-22(18)17-6-1-2-7-19(17)25/h1-7,12,14,20,26H,8-11,13H2,(H,27,29)(H,28,32)/t20-/m0/s1. The largest absolute Gasteiger partial charge is 0.345 e. The first-order valence-electron chi connectivity index (χ1n) is 10.4. The van der Waals surface area contributed by atoms with Crippen LogP contribution in [0.25, 0.3) is 11.3 Å². The summed E-state index contributed by atoms with van der Waals surface area (Å²) in [5.41, 5.74) is 1.42. The molecule has 2 aromatic carbocycles. The number of halogens is 2. The van der Waals surface area contributed by atoms with Crippen LogP contribution in [-0.4, -0.2) is 53.1 Å². The first-order chi connectivity index (χ1) is 15.5. The van der Waals surface area contributed by atoms with Crippen molar-refractivity contribution in [3.05, 3.63) is 76.7 Å². The van der Waals surface area contributed by atoms with Crippen molar-refractivity contribution in [2.75, 3.05) is 26.2 Å². The average Bonchev–Trinajstić information content (AvgIpc) is 3.29. The molecule has 1 atom stereocenters. The van der Waals surface area contributed by atoms with Gasteiger partial charge in [-0.1, -0.05) is 35.9 Å². The van der Waals surface area contributed by atoms with Crippen LogP contribution in [0.3, 0.4) is 0 Å². The third-order valence-electron chi connectivity index (χ3n) is 5.43. The Balaban J connectivity index is 1.59. The van der Waals surface area contributed by atoms with Crippen LogP contribution >= 0.6 is 11.6 Å². The summed E-state index contributed by atoms with van der Waals surface area (Å²) in [7, 11) is 0. The predicted octanol–water partition coefficient (Wildman–Crippen LogP) is 3.16. The van der Waals surface area contributed by atoms with E-state index in [1.807, 2.05) is 6.07 Å². The van der Waals surface area contributed by atoms with E-state index in [0.29, 0.717) is 23.7 Å². The van der Waals surface area contributed by atoms with Crippen LogP contribution < -0.4 is 10.6 Å². The number of nitrogens with one attached hydrogen (secondary N) is 3. The molecule has 1 aliphatic rings. The maximum absolute atomic E-state index is 14.3. The van der Waals surface area contributed by atoms with E-state index in [-0.39, 0.29) is 29.1 Å². The summed E-state index contributed by atoms with van der Waals surface area (Å²) >= 11 is 6.16. The first kappa shape index (κ1) is 22.0. The van der Waals surface area contributed by atoms with Gasteiger partial charge < -0.3 is 15.5 Å². The molecular weight excluding hydrogens is 433 g/mol. The van der Waals surface area contributed by atoms with Crippen molar-refractivity contribution < 1.29 is 14.0 Å². The number of aromatic amines is 1. The fourth-order valence-electron chi connectivity index (χ4n) is 3.76. The highest BCUT2D eigenvalue weighted by atomic mass is 35.5. The fraction of sp³-hybridized carbons (Fsp3) is 0.261. The number of H-pyrrole nitrogens is 1. The second-order valence-electron chi connectivity index (χ2n) is 7.55. The summed E-state index contributed by atoms with van der Waals surface area (Å²) in [6.07, 6.45) is 1.43. The first-order valence-corrected chi connectivity index (χ1v) is 10.7. The van der Waals surface area contributed by atoms with Gasteiger partial charge in [-0.3, -0.25) is 14.7 Å². The van der Waals surface area contributed by atoms with Crippen molar-refractivity contribution in [1.82, 2.24) is 25.7 Å². The lowest BCUT2D eigenvalue weighted by Crippen LogP contribution is -2.47. The zero-order valence-corrected chi connectivity index (χ0v) is 18.0. The monoisotopic (exact) mass is 455 g/mol. The van der Waals surface area contributed by atoms with E-state index in [0.717, 1.165) is 13.1 Å². The summed E-state index contributed by atoms with van der Waals surface area (Å²) in [6.45, 7) is 2.71. The van der Waals surface area contributed by atoms with Crippen LogP contribution in [0.15, 0.2) is 54.7 Å². The molecule has 3 aromatic rings. The Bertz CT molecular complexity index is 1110. The summed E-state index contributed by atoms with van der Waals surface area (Å²) in [6, 6.07) is 12.6. The van der Waals surface area contributed by atoms with Gasteiger partial charge >= 0.3 is 0 Å². The molecule has 0 unspecified atom stereocenters. The van der Waals surface area contributed by atoms with Gasteiger partial charge in [-0.05, 0) is 29.8 Å². The molecule has 0 saturated carbocycles. The molecule has 2 amide bonds. The van der Waals surface area contributed by atoms with Crippen LogP contribution in [0.4, 0.5) is 4.39 Å². The summed E-state index contributed by atoms with van der Waals surface area (Å²) in [5.74, 6) is -0.987. The van der Waals surface area contributed by atoms with E-state index in [4.69, 9.17) is 11.6 Å². The van der Waals surface area contributed by atoms with Crippen LogP contribution in [0.2, 0.25) is 5.02 Å². The SMILES string of the molecule is O=C(N[C@@H](CC(=O)N1CCNCC1)c1cccc(Cl)c1)c1cn[nH]c1-c1ccccc1F. The third kappa shape index (κ3) is 4.98. The molecule has 4 rings (SSSR count). The minimum absolute atomic E-state index is 0.0571. The van der Waals surface area contributed by atoms with E-state index in [9.17, 15) is 14.0 Å². The second-order valence-corrected chi connectivity index (χ2v) is 7.99. The van der Waals surface area contributed by atoms with E-state index in [1.165, 1.54) is 12.3 Å². The van der Waals surface area contributed by atoms with Crippen molar-refractivity contribution >= 4 is 23.4 Å². The van der Waals surface area contributed by atoms with Crippen molar-refractivity contribution in [3.63, 3.8) is 0 Å². The Morgan fingerprint density at radius 2 is 1.94 bits per heavy atom. The second kappa shape index (κ2) is 9.93. The number of carbonyl (C=O) groups excluding carboxylic acids is 2. The molecule has 0 radical (unpaired) electrons. The number of benzene rings is 2. The quantitative estimate of drug-likeness (QED) is 0.532. The van der Waals surface area contributed by atoms with Gasteiger partial charge in [-0.15, -0.1) is 0 Å². The van der Waals surface area contributed by atoms with Gasteiger partial charge in [0.15, 0.2) is 0 Å². The number of piperazine rings is 1. The average molecular weight is 456 g/mol. The number of hydrogen-bond donors (Lipinski definition) is 3. The summed E-state index contributed by atoms with van der Waals surface area (Å²) < 4.78 is 14.3. The van der Waals surface area contributed by atoms with Crippen LogP contribution in [0.1, 0.15) is 28.4 Å². The molecule has 166 valence electrons. The van der Waals surface area contributed by atoms with Gasteiger partial charge in [0, 0.05) is 36.8 Å². The zero-order chi connectivity index (χ0) is 22.5. The predicted molar refractivity (Wildman–Crippen MR) is 120 cm³/mol. The van der Waals surface area contributed by atoms with E-state index in [2.05, 4.69) is 20.8 Å². The van der Waals surface area contributed by atoms with Crippen molar-refractivity contribution in [1.29, 1.82) is 0 Å². The van der Waals surface area contributed by atoms with E-state index >= 15 is 0 Å². The Kier molecular flexibility index (Phi) is 6.82. The van der Waals surface area contributed by atoms with Gasteiger partial charge in [-0.2, -0.15) is 5.10 Å². The van der Waals surface area contributed by atoms with Crippen LogP contribution in [-0.2, 0) is 4.79 Å². The molecule has 1 fully saturated rings. The van der Waals surface area contributed by atoms with Gasteiger partial charge in [0.2, 0.25) is 5.91 Å². The Morgan fingerprint density at radius 3 is 2.69 bits per heavy atom. The Morgan fingerprint density at radius 1 is 1.16 bits per heavy atom. The summed E-state index contributed by atoms with van der Waals surface area (Å²) in [5, 5.41) is 13.3. The van der Waals surface area contributed by atoms with Gasteiger partial charge in [0.25, 0.3) is 5.91 Å². The van der Waals surface area contributed by atoms with Crippen LogP contribution in [0.5, 0.6) is 0 Å². The van der Waals surface area contributed by atoms with Crippen molar-refractivity contribution in [2.24, 2.45) is 0 Å². The molecule has 0 aliphatic carbocycles. The molecule has 3 N–H and O–H groups in total. The topological polar surface area (TPSA) is 90.1 Å². The highest BCUT2D eigenvalue weighted by Gasteiger charge is 2.26. The Labute approximate surface area is 190 Å². The third-order valence-corrected chi connectivity index (χ3v) is 5.67. The lowest BCUT2D eigenvalue weighted by Gasteiger charge is -2.29. The van der Waals surface area contributed by atoms with E-state index < -0.39 is 17.8 Å². The number of carbonyl (C=O) groups is 2. The maximum Gasteiger partial charge on any atom is 0.255 e. The molecule has 9 heteroatoms. The normalized spacial score (nSPS) is 14.8. The zero-order valence-electron chi connectivity index (χ0n) is 17.3. The number of hydrogen-bond acceptors (Lipinski definition) is 4. The summed E-state index contributed by atoms with van der Waals surface area (Å²) in [4.78, 5) is 27.9. The molecule has 2 heterocycles. The molecule has 32 heavy (non-hydrogen) atoms. The number of amides is 2. The number of aromatic nitrogens is 2. The molecule has 0 spiro atoms. The van der Waals surface area contributed by atoms with Crippen LogP contribution in [0, 0.1) is 5.82 Å². The fourth-order valence-corrected chi connectivity index (χ4v) is 3.96. The van der Waals surface area contributed by atoms with Gasteiger partial charge in [0.05, 0.1) is 29.9 Å².